The van der Waals surface area contributed by atoms with E-state index in [2.05, 4.69) is 13.8 Å². The third kappa shape index (κ3) is 27.4. The van der Waals surface area contributed by atoms with Gasteiger partial charge in [0.05, 0.1) is 0 Å². The third-order valence-corrected chi connectivity index (χ3v) is 7.05. The predicted molar refractivity (Wildman–Crippen MR) is 155 cm³/mol. The summed E-state index contributed by atoms with van der Waals surface area (Å²) in [4.78, 5) is 34.9. The highest BCUT2D eigenvalue weighted by Crippen LogP contribution is 2.14. The van der Waals surface area contributed by atoms with Gasteiger partial charge >= 0.3 is 11.9 Å². The molecule has 224 valence electrons. The van der Waals surface area contributed by atoms with E-state index in [0.29, 0.717) is 19.3 Å². The molecule has 6 heteroatoms. The first-order valence-corrected chi connectivity index (χ1v) is 16.0. The van der Waals surface area contributed by atoms with Gasteiger partial charge in [-0.25, -0.2) is 0 Å². The Bertz CT molecular complexity index is 536. The Labute approximate surface area is 234 Å². The molecule has 0 aliphatic rings. The molecule has 0 N–H and O–H groups in total. The summed E-state index contributed by atoms with van der Waals surface area (Å²) in [5.74, 6) is -0.625. The van der Waals surface area contributed by atoms with Crippen molar-refractivity contribution < 1.29 is 28.6 Å². The van der Waals surface area contributed by atoms with Crippen LogP contribution in [0, 0.1) is 0 Å². The van der Waals surface area contributed by atoms with Gasteiger partial charge < -0.3 is 14.2 Å². The van der Waals surface area contributed by atoms with Gasteiger partial charge in [0, 0.05) is 12.8 Å². The third-order valence-electron chi connectivity index (χ3n) is 7.05. The molecule has 1 atom stereocenters. The summed E-state index contributed by atoms with van der Waals surface area (Å²) in [6.45, 7) is 4.63. The molecule has 0 amide bonds. The Morgan fingerprint density at radius 1 is 0.526 bits per heavy atom. The molecule has 0 aliphatic heterocycles. The molecule has 1 unspecified atom stereocenters. The van der Waals surface area contributed by atoms with Crippen molar-refractivity contribution in [1.29, 1.82) is 0 Å². The zero-order valence-corrected chi connectivity index (χ0v) is 25.0. The quantitative estimate of drug-likeness (QED) is 0.0391. The first kappa shape index (κ1) is 36.4. The molecule has 0 aromatic carbocycles. The maximum absolute atomic E-state index is 12.2. The number of unbranched alkanes of at least 4 members (excludes halogenated alkanes) is 20. The van der Waals surface area contributed by atoms with Crippen molar-refractivity contribution in [3.63, 3.8) is 0 Å². The number of carbonyl (C=O) groups excluding carboxylic acids is 3. The summed E-state index contributed by atoms with van der Waals surface area (Å²) in [6, 6.07) is 0. The van der Waals surface area contributed by atoms with Crippen molar-refractivity contribution in [2.75, 3.05) is 13.2 Å². The lowest BCUT2D eigenvalue weighted by molar-refractivity contribution is -0.164. The van der Waals surface area contributed by atoms with Gasteiger partial charge in [0.15, 0.2) is 6.10 Å². The molecule has 0 fully saturated rings. The summed E-state index contributed by atoms with van der Waals surface area (Å²) >= 11 is 0. The molecule has 0 spiro atoms. The molecule has 0 aromatic heterocycles. The molecule has 38 heavy (non-hydrogen) atoms. The summed E-state index contributed by atoms with van der Waals surface area (Å²) < 4.78 is 15.5. The topological polar surface area (TPSA) is 78.9 Å². The fraction of sp³-hybridized carbons (Fsp3) is 0.906. The first-order valence-electron chi connectivity index (χ1n) is 16.0. The second kappa shape index (κ2) is 30.0. The van der Waals surface area contributed by atoms with Crippen molar-refractivity contribution in [2.24, 2.45) is 0 Å². The summed E-state index contributed by atoms with van der Waals surface area (Å²) in [5.41, 5.74) is 0. The monoisotopic (exact) mass is 540 g/mol. The van der Waals surface area contributed by atoms with Crippen molar-refractivity contribution >= 4 is 18.4 Å². The number of hydrogen-bond acceptors (Lipinski definition) is 6. The van der Waals surface area contributed by atoms with Gasteiger partial charge in [-0.1, -0.05) is 142 Å². The maximum atomic E-state index is 12.2. The zero-order chi connectivity index (χ0) is 27.9. The van der Waals surface area contributed by atoms with Gasteiger partial charge in [-0.2, -0.15) is 0 Å². The zero-order valence-electron chi connectivity index (χ0n) is 25.0. The second-order valence-corrected chi connectivity index (χ2v) is 10.8. The molecule has 0 rings (SSSR count). The molecular formula is C32H60O6. The van der Waals surface area contributed by atoms with E-state index in [1.165, 1.54) is 103 Å². The van der Waals surface area contributed by atoms with E-state index in [1.807, 2.05) is 0 Å². The van der Waals surface area contributed by atoms with Crippen molar-refractivity contribution in [1.82, 2.24) is 0 Å². The fourth-order valence-electron chi connectivity index (χ4n) is 4.63. The summed E-state index contributed by atoms with van der Waals surface area (Å²) in [7, 11) is 0. The highest BCUT2D eigenvalue weighted by atomic mass is 16.6. The van der Waals surface area contributed by atoms with E-state index in [0.717, 1.165) is 38.5 Å². The molecule has 0 aromatic rings. The summed E-state index contributed by atoms with van der Waals surface area (Å²) in [5, 5.41) is 0. The van der Waals surface area contributed by atoms with Gasteiger partial charge in [-0.15, -0.1) is 0 Å². The number of ether oxygens (including phenoxy) is 3. The van der Waals surface area contributed by atoms with Crippen LogP contribution in [-0.2, 0) is 28.6 Å². The average Bonchev–Trinajstić information content (AvgIpc) is 2.91. The van der Waals surface area contributed by atoms with Gasteiger partial charge in [0.25, 0.3) is 6.47 Å². The Hall–Kier alpha value is -1.59. The minimum Gasteiger partial charge on any atom is -0.464 e. The van der Waals surface area contributed by atoms with Crippen LogP contribution >= 0.6 is 0 Å². The number of carbonyl (C=O) groups is 3. The Morgan fingerprint density at radius 3 is 1.29 bits per heavy atom. The number of rotatable bonds is 30. The van der Waals surface area contributed by atoms with E-state index in [4.69, 9.17) is 14.2 Å². The highest BCUT2D eigenvalue weighted by Gasteiger charge is 2.17. The number of esters is 2. The van der Waals surface area contributed by atoms with Crippen LogP contribution in [0.1, 0.15) is 168 Å². The number of hydrogen-bond donors (Lipinski definition) is 0. The molecule has 0 saturated heterocycles. The fourth-order valence-corrected chi connectivity index (χ4v) is 4.63. The van der Waals surface area contributed by atoms with Crippen LogP contribution in [0.25, 0.3) is 0 Å². The standard InChI is InChI=1S/C32H60O6/c1-3-5-7-9-11-13-15-17-19-21-23-25-31(34)37-28-30(27-36-29-33)38-32(35)26-24-22-20-18-16-14-12-10-8-6-4-2/h29-30H,3-28H2,1-2H3. The van der Waals surface area contributed by atoms with E-state index in [-0.39, 0.29) is 25.2 Å². The lowest BCUT2D eigenvalue weighted by atomic mass is 10.1. The van der Waals surface area contributed by atoms with Crippen LogP contribution in [0.4, 0.5) is 0 Å². The molecule has 0 saturated carbocycles. The van der Waals surface area contributed by atoms with Crippen molar-refractivity contribution in [2.45, 2.75) is 174 Å². The molecular weight excluding hydrogens is 480 g/mol. The van der Waals surface area contributed by atoms with Crippen LogP contribution in [0.3, 0.4) is 0 Å². The average molecular weight is 541 g/mol. The van der Waals surface area contributed by atoms with E-state index >= 15 is 0 Å². The Kier molecular flexibility index (Phi) is 28.7. The molecule has 0 bridgehead atoms. The Morgan fingerprint density at radius 2 is 0.895 bits per heavy atom. The summed E-state index contributed by atoms with van der Waals surface area (Å²) in [6.07, 6.45) is 26.8. The lowest BCUT2D eigenvalue weighted by Gasteiger charge is -2.17. The molecule has 0 radical (unpaired) electrons. The van der Waals surface area contributed by atoms with Crippen LogP contribution < -0.4 is 0 Å². The smallest absolute Gasteiger partial charge is 0.306 e. The molecule has 0 aliphatic carbocycles. The normalized spacial score (nSPS) is 11.7. The van der Waals surface area contributed by atoms with E-state index in [9.17, 15) is 14.4 Å². The van der Waals surface area contributed by atoms with E-state index in [1.54, 1.807) is 0 Å². The molecule has 6 nitrogen and oxygen atoms in total. The van der Waals surface area contributed by atoms with Gasteiger partial charge in [-0.05, 0) is 12.8 Å². The molecule has 0 heterocycles. The van der Waals surface area contributed by atoms with E-state index < -0.39 is 6.10 Å². The second-order valence-electron chi connectivity index (χ2n) is 10.8. The highest BCUT2D eigenvalue weighted by molar-refractivity contribution is 5.70. The minimum atomic E-state index is -0.748. The van der Waals surface area contributed by atoms with Gasteiger partial charge in [0.1, 0.15) is 13.2 Å². The van der Waals surface area contributed by atoms with Crippen LogP contribution in [0.2, 0.25) is 0 Å². The SMILES string of the molecule is CCCCCCCCCCCCCC(=O)OCC(COC=O)OC(=O)CCCCCCCCCCCCC. The first-order chi connectivity index (χ1) is 18.6. The van der Waals surface area contributed by atoms with Gasteiger partial charge in [0.2, 0.25) is 0 Å². The van der Waals surface area contributed by atoms with Gasteiger partial charge in [-0.3, -0.25) is 14.4 Å². The van der Waals surface area contributed by atoms with Crippen LogP contribution in [0.15, 0.2) is 0 Å². The maximum Gasteiger partial charge on any atom is 0.306 e. The predicted octanol–water partition coefficient (Wildman–Crippen LogP) is 9.02. The van der Waals surface area contributed by atoms with Crippen molar-refractivity contribution in [3.05, 3.63) is 0 Å². The van der Waals surface area contributed by atoms with Crippen LogP contribution in [-0.4, -0.2) is 37.7 Å². The Balaban J connectivity index is 3.79. The van der Waals surface area contributed by atoms with Crippen LogP contribution in [0.5, 0.6) is 0 Å². The van der Waals surface area contributed by atoms with Crippen molar-refractivity contribution in [3.8, 4) is 0 Å². The largest absolute Gasteiger partial charge is 0.464 e. The lowest BCUT2D eigenvalue weighted by Crippen LogP contribution is -2.29. The minimum absolute atomic E-state index is 0.0747.